The van der Waals surface area contributed by atoms with Crippen LogP contribution in [0.1, 0.15) is 0 Å². The maximum atomic E-state index is 8.69. The smallest absolute Gasteiger partial charge is 0.0558 e. The summed E-state index contributed by atoms with van der Waals surface area (Å²) in [5.74, 6) is 0. The summed E-state index contributed by atoms with van der Waals surface area (Å²) >= 11 is 0. The maximum Gasteiger partial charge on any atom is 0.0558 e. The lowest BCUT2D eigenvalue weighted by Crippen LogP contribution is -2.47. The second kappa shape index (κ2) is 13.9. The van der Waals surface area contributed by atoms with E-state index in [0.29, 0.717) is 0 Å². The average molecular weight is 348 g/mol. The van der Waals surface area contributed by atoms with E-state index >= 15 is 0 Å². The highest BCUT2D eigenvalue weighted by molar-refractivity contribution is 4.71. The summed E-state index contributed by atoms with van der Waals surface area (Å²) in [5, 5.41) is 34.8. The van der Waals surface area contributed by atoms with Gasteiger partial charge in [-0.3, -0.25) is 19.6 Å². The first-order valence-electron chi connectivity index (χ1n) is 9.06. The molecule has 0 saturated carbocycles. The van der Waals surface area contributed by atoms with E-state index in [1.807, 2.05) is 0 Å². The van der Waals surface area contributed by atoms with Crippen molar-refractivity contribution in [1.29, 1.82) is 0 Å². The lowest BCUT2D eigenvalue weighted by atomic mass is 10.3. The van der Waals surface area contributed by atoms with E-state index in [9.17, 15) is 0 Å². The van der Waals surface area contributed by atoms with E-state index < -0.39 is 0 Å². The number of hydrogen-bond donors (Lipinski definition) is 4. The minimum atomic E-state index is 0.250. The molecule has 2 saturated heterocycles. The quantitative estimate of drug-likeness (QED) is 0.373. The minimum Gasteiger partial charge on any atom is -0.395 e. The van der Waals surface area contributed by atoms with Gasteiger partial charge in [-0.2, -0.15) is 0 Å². The van der Waals surface area contributed by atoms with Crippen LogP contribution in [-0.2, 0) is 0 Å². The van der Waals surface area contributed by atoms with Gasteiger partial charge in [0.2, 0.25) is 0 Å². The number of aliphatic hydroxyl groups excluding tert-OH is 4. The first-order valence-corrected chi connectivity index (χ1v) is 9.06. The second-order valence-electron chi connectivity index (χ2n) is 6.26. The van der Waals surface area contributed by atoms with Crippen molar-refractivity contribution in [3.05, 3.63) is 0 Å². The summed E-state index contributed by atoms with van der Waals surface area (Å²) in [4.78, 5) is 8.98. The zero-order chi connectivity index (χ0) is 17.6. The molecule has 0 atom stereocenters. The van der Waals surface area contributed by atoms with Crippen LogP contribution in [0.25, 0.3) is 0 Å². The van der Waals surface area contributed by atoms with Crippen molar-refractivity contribution in [3.8, 4) is 0 Å². The number of nitrogens with zero attached hydrogens (tertiary/aromatic N) is 4. The normalized spacial score (nSPS) is 21.5. The molecule has 0 aromatic carbocycles. The van der Waals surface area contributed by atoms with Gasteiger partial charge >= 0.3 is 0 Å². The molecule has 8 heteroatoms. The van der Waals surface area contributed by atoms with Crippen LogP contribution in [-0.4, -0.2) is 145 Å². The SMILES string of the molecule is OCCN1CCN(CCO)CC1.OCCN1CCN(CCO)CC1. The van der Waals surface area contributed by atoms with Crippen molar-refractivity contribution in [2.75, 3.05) is 105 Å². The van der Waals surface area contributed by atoms with Gasteiger partial charge in [-0.1, -0.05) is 0 Å². The van der Waals surface area contributed by atoms with Gasteiger partial charge in [-0.15, -0.1) is 0 Å². The molecule has 24 heavy (non-hydrogen) atoms. The molecule has 144 valence electrons. The topological polar surface area (TPSA) is 93.9 Å². The third-order valence-electron chi connectivity index (χ3n) is 4.59. The van der Waals surface area contributed by atoms with Crippen molar-refractivity contribution in [1.82, 2.24) is 19.6 Å². The highest BCUT2D eigenvalue weighted by Gasteiger charge is 2.15. The molecule has 8 nitrogen and oxygen atoms in total. The molecule has 0 amide bonds. The molecule has 2 heterocycles. The lowest BCUT2D eigenvalue weighted by molar-refractivity contribution is 0.0984. The molecule has 0 aromatic rings. The number of β-amino-alcohol motifs (C(OH)–C–C–N with tert-alkyl or cyclic N) is 4. The van der Waals surface area contributed by atoms with Crippen LogP contribution in [0, 0.1) is 0 Å². The fourth-order valence-corrected chi connectivity index (χ4v) is 3.04. The Bertz CT molecular complexity index is 227. The summed E-state index contributed by atoms with van der Waals surface area (Å²) in [7, 11) is 0. The second-order valence-corrected chi connectivity index (χ2v) is 6.26. The Morgan fingerprint density at radius 1 is 0.375 bits per heavy atom. The zero-order valence-corrected chi connectivity index (χ0v) is 14.9. The molecule has 2 fully saturated rings. The van der Waals surface area contributed by atoms with Crippen LogP contribution >= 0.6 is 0 Å². The number of rotatable bonds is 8. The predicted octanol–water partition coefficient (Wildman–Crippen LogP) is -2.82. The van der Waals surface area contributed by atoms with E-state index in [-0.39, 0.29) is 26.4 Å². The van der Waals surface area contributed by atoms with E-state index in [1.165, 1.54) is 0 Å². The lowest BCUT2D eigenvalue weighted by Gasteiger charge is -2.33. The molecule has 4 N–H and O–H groups in total. The van der Waals surface area contributed by atoms with Crippen LogP contribution in [0.15, 0.2) is 0 Å². The summed E-state index contributed by atoms with van der Waals surface area (Å²) < 4.78 is 0. The molecular weight excluding hydrogens is 312 g/mol. The molecule has 2 aliphatic rings. The molecule has 0 aromatic heterocycles. The molecule has 0 spiro atoms. The van der Waals surface area contributed by atoms with E-state index in [1.54, 1.807) is 0 Å². The van der Waals surface area contributed by atoms with Crippen molar-refractivity contribution >= 4 is 0 Å². The minimum absolute atomic E-state index is 0.250. The molecular formula is C16H36N4O4. The van der Waals surface area contributed by atoms with Crippen molar-refractivity contribution in [3.63, 3.8) is 0 Å². The Labute approximate surface area is 145 Å². The highest BCUT2D eigenvalue weighted by Crippen LogP contribution is 2.00. The molecule has 2 aliphatic heterocycles. The Morgan fingerprint density at radius 2 is 0.542 bits per heavy atom. The summed E-state index contributed by atoms with van der Waals surface area (Å²) in [6.07, 6.45) is 0. The van der Waals surface area contributed by atoms with Crippen LogP contribution in [0.5, 0.6) is 0 Å². The Hall–Kier alpha value is -0.320. The summed E-state index contributed by atoms with van der Waals surface area (Å²) in [6, 6.07) is 0. The first-order chi connectivity index (χ1) is 11.7. The molecule has 2 rings (SSSR count). The third-order valence-corrected chi connectivity index (χ3v) is 4.59. The zero-order valence-electron chi connectivity index (χ0n) is 14.9. The van der Waals surface area contributed by atoms with Crippen molar-refractivity contribution in [2.45, 2.75) is 0 Å². The third kappa shape index (κ3) is 9.24. The van der Waals surface area contributed by atoms with Crippen LogP contribution in [0.4, 0.5) is 0 Å². The van der Waals surface area contributed by atoms with Gasteiger partial charge in [0.15, 0.2) is 0 Å². The largest absolute Gasteiger partial charge is 0.395 e. The van der Waals surface area contributed by atoms with Gasteiger partial charge in [-0.05, 0) is 0 Å². The predicted molar refractivity (Wildman–Crippen MR) is 94.1 cm³/mol. The number of piperazine rings is 2. The van der Waals surface area contributed by atoms with Gasteiger partial charge in [0.1, 0.15) is 0 Å². The number of aliphatic hydroxyl groups is 4. The Morgan fingerprint density at radius 3 is 0.667 bits per heavy atom. The maximum absolute atomic E-state index is 8.69. The fraction of sp³-hybridized carbons (Fsp3) is 1.00. The van der Waals surface area contributed by atoms with Crippen LogP contribution in [0.2, 0.25) is 0 Å². The van der Waals surface area contributed by atoms with Gasteiger partial charge in [-0.25, -0.2) is 0 Å². The summed E-state index contributed by atoms with van der Waals surface area (Å²) in [6.45, 7) is 12.3. The first kappa shape index (κ1) is 21.7. The van der Waals surface area contributed by atoms with E-state index in [2.05, 4.69) is 19.6 Å². The Kier molecular flexibility index (Phi) is 12.6. The highest BCUT2D eigenvalue weighted by atomic mass is 16.3. The van der Waals surface area contributed by atoms with Crippen LogP contribution in [0.3, 0.4) is 0 Å². The molecule has 0 bridgehead atoms. The van der Waals surface area contributed by atoms with Crippen molar-refractivity contribution < 1.29 is 20.4 Å². The Balaban J connectivity index is 0.000000240. The average Bonchev–Trinajstić information content (AvgIpc) is 2.60. The van der Waals surface area contributed by atoms with Crippen LogP contribution < -0.4 is 0 Å². The van der Waals surface area contributed by atoms with Gasteiger partial charge < -0.3 is 20.4 Å². The standard InChI is InChI=1S/2C8H18N2O2/c2*11-7-5-9-1-2-10(4-3-9)6-8-12/h2*11-12H,1-8H2. The van der Waals surface area contributed by atoms with E-state index in [0.717, 1.165) is 78.5 Å². The fourth-order valence-electron chi connectivity index (χ4n) is 3.04. The number of hydrogen-bond acceptors (Lipinski definition) is 8. The van der Waals surface area contributed by atoms with Gasteiger partial charge in [0.05, 0.1) is 26.4 Å². The van der Waals surface area contributed by atoms with E-state index in [4.69, 9.17) is 20.4 Å². The summed E-state index contributed by atoms with van der Waals surface area (Å²) in [5.41, 5.74) is 0. The van der Waals surface area contributed by atoms with Gasteiger partial charge in [0.25, 0.3) is 0 Å². The molecule has 0 unspecified atom stereocenters. The molecule has 0 aliphatic carbocycles. The van der Waals surface area contributed by atoms with Crippen molar-refractivity contribution in [2.24, 2.45) is 0 Å². The molecule has 0 radical (unpaired) electrons. The van der Waals surface area contributed by atoms with Gasteiger partial charge in [0, 0.05) is 78.5 Å². The monoisotopic (exact) mass is 348 g/mol.